The summed E-state index contributed by atoms with van der Waals surface area (Å²) in [5, 5.41) is 0. The zero-order chi connectivity index (χ0) is 20.6. The van der Waals surface area contributed by atoms with E-state index >= 15 is 0 Å². The second kappa shape index (κ2) is 20.4. The molecule has 2 aliphatic heterocycles. The third-order valence-corrected chi connectivity index (χ3v) is 1.65. The average molecular weight is 579 g/mol. The predicted octanol–water partition coefficient (Wildman–Crippen LogP) is 6.69. The van der Waals surface area contributed by atoms with E-state index in [1.807, 2.05) is 0 Å². The van der Waals surface area contributed by atoms with Crippen molar-refractivity contribution in [3.05, 3.63) is 19.6 Å². The molecular weight excluding hydrogens is 530 g/mol. The van der Waals surface area contributed by atoms with Crippen LogP contribution in [0.5, 0.6) is 0 Å². The van der Waals surface area contributed by atoms with E-state index in [4.69, 9.17) is 9.47 Å². The molecule has 0 bridgehead atoms. The Balaban J connectivity index is -0.000000115. The van der Waals surface area contributed by atoms with E-state index in [0.29, 0.717) is 0 Å². The van der Waals surface area contributed by atoms with Crippen molar-refractivity contribution in [3.8, 4) is 0 Å². The van der Waals surface area contributed by atoms with E-state index in [0.717, 1.165) is 26.4 Å². The van der Waals surface area contributed by atoms with Crippen molar-refractivity contribution < 1.29 is 56.4 Å². The summed E-state index contributed by atoms with van der Waals surface area (Å²) in [5.74, 6) is 0. The monoisotopic (exact) mass is 579 g/mol. The van der Waals surface area contributed by atoms with Crippen LogP contribution in [0.1, 0.15) is 25.7 Å². The van der Waals surface area contributed by atoms with Gasteiger partial charge < -0.3 is 29.1 Å². The first-order valence-corrected chi connectivity index (χ1v) is 20.8. The molecule has 6 heteroatoms. The molecule has 0 N–H and O–H groups in total. The van der Waals surface area contributed by atoms with Gasteiger partial charge in [-0.05, 0) is 25.7 Å². The molecule has 0 amide bonds. The molecule has 0 unspecified atom stereocenters. The van der Waals surface area contributed by atoms with Crippen molar-refractivity contribution in [2.24, 2.45) is 0 Å². The van der Waals surface area contributed by atoms with Crippen LogP contribution in [-0.2, 0) is 9.47 Å². The Morgan fingerprint density at radius 2 is 0.577 bits per heavy atom. The van der Waals surface area contributed by atoms with Crippen LogP contribution in [0.25, 0.3) is 0 Å². The summed E-state index contributed by atoms with van der Waals surface area (Å²) in [7, 11) is -2.58. The van der Waals surface area contributed by atoms with Crippen molar-refractivity contribution >= 4 is 24.2 Å². The maximum Gasteiger partial charge on any atom is 3.00 e. The Labute approximate surface area is 209 Å². The molecule has 2 rings (SSSR count). The van der Waals surface area contributed by atoms with Crippen molar-refractivity contribution in [2.45, 2.75) is 84.6 Å². The van der Waals surface area contributed by atoms with E-state index < -0.39 is 24.2 Å². The molecule has 167 valence electrons. The van der Waals surface area contributed by atoms with Crippen LogP contribution >= 0.6 is 0 Å². The second-order valence-electron chi connectivity index (χ2n) is 10.3. The number of ether oxygens (including phenoxy) is 2. The minimum atomic E-state index is -0.861. The summed E-state index contributed by atoms with van der Waals surface area (Å²) in [5.41, 5.74) is 0. The molecule has 2 heterocycles. The van der Waals surface area contributed by atoms with Crippen LogP contribution in [0.15, 0.2) is 0 Å². The Morgan fingerprint density at radius 3 is 0.615 bits per heavy atom. The van der Waals surface area contributed by atoms with E-state index in [-0.39, 0.29) is 46.9 Å². The molecule has 2 nitrogen and oxygen atoms in total. The van der Waals surface area contributed by atoms with Gasteiger partial charge in [-0.2, -0.15) is 0 Å². The Morgan fingerprint density at radius 1 is 0.462 bits per heavy atom. The van der Waals surface area contributed by atoms with Gasteiger partial charge in [0.25, 0.3) is 0 Å². The number of hydrogen-bond acceptors (Lipinski definition) is 2. The Hall–Kier alpha value is 2.09. The van der Waals surface area contributed by atoms with Gasteiger partial charge in [-0.1, -0.05) is 58.9 Å². The topological polar surface area (TPSA) is 18.5 Å². The standard InChI is InChI=1S/2C4H8O.3C4H11Si.Yb/c2*1-2-4-5-3-1;3*1-5(2,3)4;/h2*1-4H2;3*1H2,2-4H3;/q;;3*-1;+3. The zero-order valence-electron chi connectivity index (χ0n) is 19.4. The normalized spacial score (nSPS) is 16.2. The third-order valence-electron chi connectivity index (χ3n) is 1.65. The van der Waals surface area contributed by atoms with Crippen LogP contribution in [0.4, 0.5) is 0 Å². The van der Waals surface area contributed by atoms with Gasteiger partial charge in [0.05, 0.1) is 0 Å². The zero-order valence-corrected chi connectivity index (χ0v) is 24.1. The minimum absolute atomic E-state index is 0. The van der Waals surface area contributed by atoms with E-state index in [1.165, 1.54) is 25.7 Å². The molecule has 0 saturated carbocycles. The van der Waals surface area contributed by atoms with E-state index in [2.05, 4.69) is 78.6 Å². The van der Waals surface area contributed by atoms with Crippen molar-refractivity contribution in [1.29, 1.82) is 0 Å². The fourth-order valence-corrected chi connectivity index (χ4v) is 1.02. The Kier molecular flexibility index (Phi) is 27.8. The molecule has 2 saturated heterocycles. The summed E-state index contributed by atoms with van der Waals surface area (Å²) in [6.45, 7) is 35.7. The summed E-state index contributed by atoms with van der Waals surface area (Å²) >= 11 is 0. The maximum absolute atomic E-state index is 4.94. The van der Waals surface area contributed by atoms with Crippen LogP contribution in [0.2, 0.25) is 58.9 Å². The van der Waals surface area contributed by atoms with Crippen molar-refractivity contribution in [1.82, 2.24) is 0 Å². The third kappa shape index (κ3) is 112. The largest absolute Gasteiger partial charge is 3.00 e. The average Bonchev–Trinajstić information content (AvgIpc) is 3.02. The number of hydrogen-bond donors (Lipinski definition) is 0. The molecule has 0 aromatic rings. The molecule has 0 aromatic heterocycles. The van der Waals surface area contributed by atoms with Gasteiger partial charge in [0, 0.05) is 26.4 Å². The fraction of sp³-hybridized carbons (Fsp3) is 0.850. The maximum atomic E-state index is 4.94. The van der Waals surface area contributed by atoms with Crippen molar-refractivity contribution in [3.63, 3.8) is 0 Å². The smallest absolute Gasteiger partial charge is 0.381 e. The molecule has 1 radical (unpaired) electrons. The first-order chi connectivity index (χ1) is 11.0. The molecule has 0 spiro atoms. The molecule has 0 aromatic carbocycles. The minimum Gasteiger partial charge on any atom is -0.381 e. The molecule has 2 aliphatic rings. The summed E-state index contributed by atoms with van der Waals surface area (Å²) in [6, 6.07) is 0. The van der Waals surface area contributed by atoms with Gasteiger partial charge >= 0.3 is 46.9 Å². The van der Waals surface area contributed by atoms with Crippen molar-refractivity contribution in [2.75, 3.05) is 26.4 Å². The first kappa shape index (κ1) is 35.5. The number of rotatable bonds is 0. The molecule has 26 heavy (non-hydrogen) atoms. The SMILES string of the molecule is C1CCOC1.C1CCOC1.[CH2-][Si](C)(C)C.[CH2-][Si](C)(C)C.[CH2-][Si](C)(C)C.[Yb+3]. The first-order valence-electron chi connectivity index (χ1n) is 9.72. The van der Waals surface area contributed by atoms with Crippen LogP contribution in [0.3, 0.4) is 0 Å². The van der Waals surface area contributed by atoms with Crippen LogP contribution in [-0.4, -0.2) is 50.6 Å². The van der Waals surface area contributed by atoms with Gasteiger partial charge in [0.15, 0.2) is 0 Å². The van der Waals surface area contributed by atoms with Crippen LogP contribution in [0, 0.1) is 66.6 Å². The summed E-state index contributed by atoms with van der Waals surface area (Å²) in [6.07, 6.45) is 5.11. The van der Waals surface area contributed by atoms with E-state index in [1.54, 1.807) is 0 Å². The van der Waals surface area contributed by atoms with Gasteiger partial charge in [0.1, 0.15) is 0 Å². The van der Waals surface area contributed by atoms with E-state index in [9.17, 15) is 0 Å². The summed E-state index contributed by atoms with van der Waals surface area (Å²) in [4.78, 5) is 0. The molecular formula is C20H49O2Si3Yb. The Bertz CT molecular complexity index is 190. The predicted molar refractivity (Wildman–Crippen MR) is 126 cm³/mol. The van der Waals surface area contributed by atoms with Gasteiger partial charge in [-0.3, -0.25) is 0 Å². The van der Waals surface area contributed by atoms with Gasteiger partial charge in [-0.25, -0.2) is 0 Å². The molecule has 2 fully saturated rings. The van der Waals surface area contributed by atoms with Gasteiger partial charge in [0.2, 0.25) is 0 Å². The quantitative estimate of drug-likeness (QED) is 0.236. The molecule has 0 aliphatic carbocycles. The summed E-state index contributed by atoms with van der Waals surface area (Å²) < 4.78 is 9.89. The second-order valence-corrected chi connectivity index (χ2v) is 25.7. The van der Waals surface area contributed by atoms with Gasteiger partial charge in [-0.15, -0.1) is 24.2 Å². The fourth-order valence-electron chi connectivity index (χ4n) is 1.02. The van der Waals surface area contributed by atoms with Crippen LogP contribution < -0.4 is 0 Å². The molecule has 0 atom stereocenters.